The number of hydrogen-bond donors (Lipinski definition) is 4. The van der Waals surface area contributed by atoms with Gasteiger partial charge in [-0.25, -0.2) is 4.79 Å². The number of esters is 2. The fourth-order valence-electron chi connectivity index (χ4n) is 8.58. The molecule has 7 aliphatic rings. The zero-order valence-electron chi connectivity index (χ0n) is 25.6. The molecule has 0 amide bonds. The first-order chi connectivity index (χ1) is 21.0. The van der Waals surface area contributed by atoms with Crippen molar-refractivity contribution in [3.63, 3.8) is 0 Å². The Balaban J connectivity index is 1.52. The molecule has 9 atom stereocenters. The van der Waals surface area contributed by atoms with Crippen molar-refractivity contribution in [1.82, 2.24) is 0 Å². The Morgan fingerprint density at radius 1 is 1.18 bits per heavy atom. The molecular weight excluding hydrogens is 608 g/mol. The van der Waals surface area contributed by atoms with Crippen LogP contribution in [0.15, 0.2) is 58.9 Å². The molecule has 1 saturated carbocycles. The molecule has 4 bridgehead atoms. The predicted molar refractivity (Wildman–Crippen MR) is 157 cm³/mol. The second kappa shape index (κ2) is 8.92. The first kappa shape index (κ1) is 30.3. The summed E-state index contributed by atoms with van der Waals surface area (Å²) in [5.41, 5.74) is -5.96. The molecule has 8 rings (SSSR count). The Morgan fingerprint density at radius 3 is 2.53 bits per heavy atom. The van der Waals surface area contributed by atoms with Crippen molar-refractivity contribution in [1.29, 1.82) is 0 Å². The Bertz CT molecular complexity index is 1710. The first-order valence-corrected chi connectivity index (χ1v) is 15.1. The van der Waals surface area contributed by atoms with Gasteiger partial charge in [0.2, 0.25) is 0 Å². The van der Waals surface area contributed by atoms with Crippen LogP contribution in [0.4, 0.5) is 0 Å². The lowest BCUT2D eigenvalue weighted by atomic mass is 9.46. The number of hydrogen-bond acceptors (Lipinski definition) is 11. The number of aryl methyl sites for hydroxylation is 1. The van der Waals surface area contributed by atoms with Crippen LogP contribution >= 0.6 is 11.6 Å². The van der Waals surface area contributed by atoms with Crippen molar-refractivity contribution >= 4 is 23.5 Å². The summed E-state index contributed by atoms with van der Waals surface area (Å²) in [5, 5.41) is 47.3. The highest BCUT2D eigenvalue weighted by molar-refractivity contribution is 6.29. The van der Waals surface area contributed by atoms with Crippen molar-refractivity contribution in [3.05, 3.63) is 70.0 Å². The van der Waals surface area contributed by atoms with E-state index in [1.807, 2.05) is 19.9 Å². The number of aliphatic hydroxyl groups excluding tert-OH is 2. The maximum Gasteiger partial charge on any atom is 0.349 e. The highest BCUT2D eigenvalue weighted by Crippen LogP contribution is 2.78. The number of rotatable bonds is 5. The fourth-order valence-corrected chi connectivity index (χ4v) is 9.06. The smallest absolute Gasteiger partial charge is 0.349 e. The Hall–Kier alpha value is -3.35. The lowest BCUT2D eigenvalue weighted by molar-refractivity contribution is -0.331. The second-order valence-electron chi connectivity index (χ2n) is 13.5. The maximum absolute atomic E-state index is 14.0. The summed E-state index contributed by atoms with van der Waals surface area (Å²) in [7, 11) is 2.49. The number of halogens is 1. The lowest BCUT2D eigenvalue weighted by Gasteiger charge is -2.67. The van der Waals surface area contributed by atoms with E-state index in [4.69, 9.17) is 35.3 Å². The van der Waals surface area contributed by atoms with Gasteiger partial charge in [-0.05, 0) is 68.2 Å². The number of allylic oxidation sites excluding steroid dienone is 2. The highest BCUT2D eigenvalue weighted by atomic mass is 35.5. The molecular formula is C33H35ClO11. The normalized spacial score (nSPS) is 43.2. The number of aromatic hydroxyl groups is 1. The number of alkyl halides is 1. The molecule has 2 heterocycles. The van der Waals surface area contributed by atoms with Gasteiger partial charge in [0.05, 0.1) is 14.2 Å². The van der Waals surface area contributed by atoms with Crippen molar-refractivity contribution in [2.75, 3.05) is 14.2 Å². The molecule has 11 nitrogen and oxygen atoms in total. The molecule has 0 aromatic heterocycles. The number of aliphatic hydroxyl groups is 3. The molecule has 4 N–H and O–H groups in total. The zero-order chi connectivity index (χ0) is 32.7. The van der Waals surface area contributed by atoms with E-state index in [9.17, 15) is 30.0 Å². The largest absolute Gasteiger partial charge is 0.507 e. The Labute approximate surface area is 264 Å². The molecule has 0 radical (unpaired) electrons. The molecule has 5 aliphatic carbocycles. The van der Waals surface area contributed by atoms with Crippen LogP contribution in [0.3, 0.4) is 0 Å². The van der Waals surface area contributed by atoms with Crippen LogP contribution in [0, 0.1) is 17.8 Å². The topological polar surface area (TPSA) is 165 Å². The number of ether oxygens (including phenoxy) is 5. The number of epoxide rings is 1. The van der Waals surface area contributed by atoms with Gasteiger partial charge in [0.15, 0.2) is 15.9 Å². The third-order valence-electron chi connectivity index (χ3n) is 10.6. The van der Waals surface area contributed by atoms with E-state index in [1.54, 1.807) is 19.9 Å². The van der Waals surface area contributed by atoms with Gasteiger partial charge in [-0.2, -0.15) is 0 Å². The van der Waals surface area contributed by atoms with E-state index in [0.717, 1.165) is 12.7 Å². The quantitative estimate of drug-likeness (QED) is 0.162. The molecule has 1 spiro atoms. The van der Waals surface area contributed by atoms with E-state index in [1.165, 1.54) is 31.4 Å². The highest BCUT2D eigenvalue weighted by Gasteiger charge is 2.92. The zero-order valence-corrected chi connectivity index (χ0v) is 26.4. The van der Waals surface area contributed by atoms with E-state index in [2.05, 4.69) is 0 Å². The van der Waals surface area contributed by atoms with Crippen LogP contribution in [-0.4, -0.2) is 86.8 Å². The van der Waals surface area contributed by atoms with Gasteiger partial charge in [0, 0.05) is 11.8 Å². The molecule has 2 aliphatic heterocycles. The standard InChI is InChI=1S/C33H35ClO11/c1-15(2)7-8-30-24(37)17(11-20(36)25(30)44-30)18-12-28(4)14-29(27(39)42-6)13-22(41-5)31(28,34)32(18,40)33(29)43-21-10-16(3)9-19(35)23(21)26(38)45-33/h7,9-13,20,24-25,35-37,40H,8,14H2,1-6H3/t20-,24+,25-,28?,29?,30+,31+,32-,33?/m0/s1. The van der Waals surface area contributed by atoms with Crippen LogP contribution in [0.2, 0.25) is 0 Å². The molecule has 1 aromatic rings. The summed E-state index contributed by atoms with van der Waals surface area (Å²) in [4.78, 5) is 25.9. The van der Waals surface area contributed by atoms with Crippen molar-refractivity contribution in [2.24, 2.45) is 10.8 Å². The summed E-state index contributed by atoms with van der Waals surface area (Å²) < 4.78 is 29.6. The predicted octanol–water partition coefficient (Wildman–Crippen LogP) is 2.86. The minimum absolute atomic E-state index is 0.00789. The van der Waals surface area contributed by atoms with Gasteiger partial charge >= 0.3 is 17.7 Å². The lowest BCUT2D eigenvalue weighted by Crippen LogP contribution is -2.85. The van der Waals surface area contributed by atoms with Crippen LogP contribution in [0.5, 0.6) is 11.5 Å². The summed E-state index contributed by atoms with van der Waals surface area (Å²) in [6, 6.07) is 2.83. The first-order valence-electron chi connectivity index (χ1n) is 14.7. The monoisotopic (exact) mass is 642 g/mol. The summed E-state index contributed by atoms with van der Waals surface area (Å²) in [6.45, 7) is 7.18. The average Bonchev–Trinajstić information content (AvgIpc) is 3.70. The molecule has 240 valence electrons. The van der Waals surface area contributed by atoms with Crippen molar-refractivity contribution in [3.8, 4) is 11.5 Å². The Kier molecular flexibility index (Phi) is 6.01. The van der Waals surface area contributed by atoms with Gasteiger partial charge in [-0.3, -0.25) is 4.79 Å². The fraction of sp³-hybridized carbons (Fsp3) is 0.515. The van der Waals surface area contributed by atoms with E-state index < -0.39 is 68.7 Å². The molecule has 12 heteroatoms. The maximum atomic E-state index is 14.0. The van der Waals surface area contributed by atoms with Crippen molar-refractivity contribution < 1.29 is 53.7 Å². The number of benzene rings is 1. The number of carbonyl (C=O) groups is 2. The van der Waals surface area contributed by atoms with E-state index in [0.29, 0.717) is 5.56 Å². The van der Waals surface area contributed by atoms with Gasteiger partial charge in [-0.15, -0.1) is 11.6 Å². The van der Waals surface area contributed by atoms with Crippen LogP contribution in [-0.2, 0) is 23.7 Å². The summed E-state index contributed by atoms with van der Waals surface area (Å²) >= 11 is 7.58. The third kappa shape index (κ3) is 3.20. The minimum Gasteiger partial charge on any atom is -0.507 e. The van der Waals surface area contributed by atoms with Crippen LogP contribution in [0.25, 0.3) is 0 Å². The average molecular weight is 643 g/mol. The number of phenols is 1. The van der Waals surface area contributed by atoms with Gasteiger partial charge in [-0.1, -0.05) is 24.6 Å². The summed E-state index contributed by atoms with van der Waals surface area (Å²) in [6.07, 6.45) is 3.09. The molecule has 3 unspecified atom stereocenters. The molecule has 1 aromatic carbocycles. The number of methoxy groups -OCH3 is 2. The van der Waals surface area contributed by atoms with Crippen LogP contribution < -0.4 is 4.74 Å². The summed E-state index contributed by atoms with van der Waals surface area (Å²) in [5.74, 6) is -5.21. The number of fused-ring (bicyclic) bond motifs is 2. The van der Waals surface area contributed by atoms with Gasteiger partial charge in [0.25, 0.3) is 0 Å². The van der Waals surface area contributed by atoms with Gasteiger partial charge < -0.3 is 44.1 Å². The minimum atomic E-state index is -2.65. The molecule has 45 heavy (non-hydrogen) atoms. The second-order valence-corrected chi connectivity index (χ2v) is 14.0. The third-order valence-corrected chi connectivity index (χ3v) is 11.5. The van der Waals surface area contributed by atoms with E-state index in [-0.39, 0.29) is 41.1 Å². The van der Waals surface area contributed by atoms with E-state index >= 15 is 0 Å². The van der Waals surface area contributed by atoms with Crippen LogP contribution in [0.1, 0.15) is 49.5 Å². The molecule has 1 saturated heterocycles. The van der Waals surface area contributed by atoms with Gasteiger partial charge in [0.1, 0.15) is 46.7 Å². The molecule has 2 fully saturated rings. The number of carbonyl (C=O) groups excluding carboxylic acids is 2. The number of phenolic OH excluding ortho intramolecular Hbond substituents is 1. The SMILES string of the molecule is COC(=O)C12C=C(OC)[C@@]3(Cl)C(C)(C=C(C4=C[C@H](O)[C@@H]5O[C@]5(CC=C(C)C)[C@@H]4O)[C@@]3(O)C13OC(=O)c1c(O)cc(C)cc1O3)C2. The van der Waals surface area contributed by atoms with Crippen molar-refractivity contribution in [2.45, 2.75) is 80.7 Å². The Morgan fingerprint density at radius 2 is 1.89 bits per heavy atom.